The minimum atomic E-state index is -0.626. The number of nitrogens with two attached hydrogens (primary N) is 1. The third kappa shape index (κ3) is 5.23. The molecule has 0 aromatic heterocycles. The Bertz CT molecular complexity index is 198. The van der Waals surface area contributed by atoms with Crippen molar-refractivity contribution in [3.63, 3.8) is 0 Å². The van der Waals surface area contributed by atoms with E-state index in [0.717, 1.165) is 26.2 Å². The van der Waals surface area contributed by atoms with Crippen LogP contribution < -0.4 is 5.73 Å². The third-order valence-electron chi connectivity index (χ3n) is 2.82. The van der Waals surface area contributed by atoms with Crippen molar-refractivity contribution in [1.29, 1.82) is 0 Å². The average molecular weight is 231 g/mol. The minimum Gasteiger partial charge on any atom is -0.390 e. The number of piperazine rings is 1. The molecular weight excluding hydrogens is 206 g/mol. The summed E-state index contributed by atoms with van der Waals surface area (Å²) in [4.78, 5) is 4.48. The first-order valence-electron chi connectivity index (χ1n) is 5.96. The Morgan fingerprint density at radius 3 is 2.12 bits per heavy atom. The van der Waals surface area contributed by atoms with E-state index in [0.29, 0.717) is 19.6 Å². The fourth-order valence-corrected chi connectivity index (χ4v) is 2.05. The summed E-state index contributed by atoms with van der Waals surface area (Å²) in [6.45, 7) is 9.12. The van der Waals surface area contributed by atoms with E-state index in [-0.39, 0.29) is 0 Å². The number of rotatable bonds is 5. The van der Waals surface area contributed by atoms with E-state index in [1.807, 2.05) is 13.8 Å². The van der Waals surface area contributed by atoms with Gasteiger partial charge >= 0.3 is 0 Å². The molecule has 16 heavy (non-hydrogen) atoms. The molecule has 1 heterocycles. The van der Waals surface area contributed by atoms with Gasteiger partial charge in [-0.1, -0.05) is 0 Å². The van der Waals surface area contributed by atoms with Gasteiger partial charge in [0.25, 0.3) is 0 Å². The summed E-state index contributed by atoms with van der Waals surface area (Å²) in [6.07, 6.45) is -0.416. The predicted octanol–water partition coefficient (Wildman–Crippen LogP) is -1.31. The first-order valence-corrected chi connectivity index (χ1v) is 5.96. The second-order valence-electron chi connectivity index (χ2n) is 5.28. The summed E-state index contributed by atoms with van der Waals surface area (Å²) in [6, 6.07) is 0. The molecule has 0 amide bonds. The van der Waals surface area contributed by atoms with Crippen molar-refractivity contribution in [2.24, 2.45) is 5.73 Å². The number of hydrogen-bond donors (Lipinski definition) is 3. The van der Waals surface area contributed by atoms with Crippen molar-refractivity contribution >= 4 is 0 Å². The number of β-amino-alcohol motifs (C(OH)–C–C–N with tert-alkyl or cyclic N) is 2. The van der Waals surface area contributed by atoms with Crippen molar-refractivity contribution in [3.8, 4) is 0 Å². The van der Waals surface area contributed by atoms with Gasteiger partial charge in [-0.2, -0.15) is 0 Å². The van der Waals surface area contributed by atoms with Gasteiger partial charge in [-0.25, -0.2) is 0 Å². The van der Waals surface area contributed by atoms with Crippen LogP contribution in [-0.2, 0) is 0 Å². The molecule has 5 nitrogen and oxygen atoms in total. The molecule has 0 saturated carbocycles. The Morgan fingerprint density at radius 2 is 1.69 bits per heavy atom. The lowest BCUT2D eigenvalue weighted by molar-refractivity contribution is 0.0108. The second kappa shape index (κ2) is 5.93. The fourth-order valence-electron chi connectivity index (χ4n) is 2.05. The lowest BCUT2D eigenvalue weighted by Gasteiger charge is -2.37. The van der Waals surface area contributed by atoms with Crippen LogP contribution in [0.2, 0.25) is 0 Å². The smallest absolute Gasteiger partial charge is 0.0789 e. The van der Waals surface area contributed by atoms with Crippen molar-refractivity contribution in [3.05, 3.63) is 0 Å². The molecular formula is C11H25N3O2. The summed E-state index contributed by atoms with van der Waals surface area (Å²) < 4.78 is 0. The van der Waals surface area contributed by atoms with E-state index >= 15 is 0 Å². The Labute approximate surface area is 97.8 Å². The van der Waals surface area contributed by atoms with E-state index in [1.54, 1.807) is 0 Å². The molecule has 5 heteroatoms. The summed E-state index contributed by atoms with van der Waals surface area (Å²) >= 11 is 0. The molecule has 0 aliphatic carbocycles. The second-order valence-corrected chi connectivity index (χ2v) is 5.28. The SMILES string of the molecule is CC(C)(O)CN1CCN(CC(O)CN)CC1. The molecule has 1 rings (SSSR count). The van der Waals surface area contributed by atoms with Gasteiger partial charge in [0.1, 0.15) is 0 Å². The number of aliphatic hydroxyl groups is 2. The molecule has 4 N–H and O–H groups in total. The first-order chi connectivity index (χ1) is 7.40. The molecule has 1 unspecified atom stereocenters. The fraction of sp³-hybridized carbons (Fsp3) is 1.00. The van der Waals surface area contributed by atoms with Gasteiger partial charge in [0.2, 0.25) is 0 Å². The number of hydrogen-bond acceptors (Lipinski definition) is 5. The molecule has 1 fully saturated rings. The van der Waals surface area contributed by atoms with Crippen LogP contribution in [0.15, 0.2) is 0 Å². The molecule has 1 saturated heterocycles. The highest BCUT2D eigenvalue weighted by molar-refractivity contribution is 4.78. The Kier molecular flexibility index (Phi) is 5.14. The van der Waals surface area contributed by atoms with Crippen molar-refractivity contribution in [2.45, 2.75) is 25.6 Å². The van der Waals surface area contributed by atoms with E-state index in [2.05, 4.69) is 9.80 Å². The highest BCUT2D eigenvalue weighted by Crippen LogP contribution is 2.08. The maximum absolute atomic E-state index is 9.71. The molecule has 0 spiro atoms. The molecule has 96 valence electrons. The van der Waals surface area contributed by atoms with Crippen LogP contribution >= 0.6 is 0 Å². The Balaban J connectivity index is 2.23. The molecule has 0 aromatic carbocycles. The van der Waals surface area contributed by atoms with Crippen LogP contribution in [0.4, 0.5) is 0 Å². The minimum absolute atomic E-state index is 0.323. The van der Waals surface area contributed by atoms with Crippen LogP contribution in [0, 0.1) is 0 Å². The maximum Gasteiger partial charge on any atom is 0.0789 e. The molecule has 1 aliphatic rings. The third-order valence-corrected chi connectivity index (χ3v) is 2.82. The lowest BCUT2D eigenvalue weighted by Crippen LogP contribution is -2.52. The number of aliphatic hydroxyl groups excluding tert-OH is 1. The zero-order valence-corrected chi connectivity index (χ0v) is 10.4. The monoisotopic (exact) mass is 231 g/mol. The van der Waals surface area contributed by atoms with Gasteiger partial charge in [0.15, 0.2) is 0 Å². The molecule has 0 radical (unpaired) electrons. The van der Waals surface area contributed by atoms with Crippen LogP contribution in [0.1, 0.15) is 13.8 Å². The quantitative estimate of drug-likeness (QED) is 0.548. The predicted molar refractivity (Wildman–Crippen MR) is 64.2 cm³/mol. The van der Waals surface area contributed by atoms with Crippen LogP contribution in [-0.4, -0.2) is 77.5 Å². The van der Waals surface area contributed by atoms with E-state index < -0.39 is 11.7 Å². The summed E-state index contributed by atoms with van der Waals surface area (Å²) in [7, 11) is 0. The molecule has 1 aliphatic heterocycles. The standard InChI is InChI=1S/C11H25N3O2/c1-11(2,16)9-14-5-3-13(4-6-14)8-10(15)7-12/h10,15-16H,3-9,12H2,1-2H3. The van der Waals surface area contributed by atoms with Crippen molar-refractivity contribution in [1.82, 2.24) is 9.80 Å². The van der Waals surface area contributed by atoms with Crippen molar-refractivity contribution < 1.29 is 10.2 Å². The van der Waals surface area contributed by atoms with Crippen molar-refractivity contribution in [2.75, 3.05) is 45.8 Å². The molecule has 0 aromatic rings. The van der Waals surface area contributed by atoms with E-state index in [1.165, 1.54) is 0 Å². The highest BCUT2D eigenvalue weighted by atomic mass is 16.3. The summed E-state index contributed by atoms with van der Waals surface area (Å²) in [5.41, 5.74) is 4.75. The van der Waals surface area contributed by atoms with Gasteiger partial charge in [-0.15, -0.1) is 0 Å². The van der Waals surface area contributed by atoms with Gasteiger partial charge in [0.05, 0.1) is 11.7 Å². The zero-order valence-electron chi connectivity index (χ0n) is 10.4. The van der Waals surface area contributed by atoms with Gasteiger partial charge in [-0.05, 0) is 13.8 Å². The number of nitrogens with zero attached hydrogens (tertiary/aromatic N) is 2. The zero-order chi connectivity index (χ0) is 12.2. The van der Waals surface area contributed by atoms with Crippen LogP contribution in [0.25, 0.3) is 0 Å². The largest absolute Gasteiger partial charge is 0.390 e. The normalized spacial score (nSPS) is 22.3. The maximum atomic E-state index is 9.71. The topological polar surface area (TPSA) is 73.0 Å². The van der Waals surface area contributed by atoms with Crippen LogP contribution in [0.5, 0.6) is 0 Å². The van der Waals surface area contributed by atoms with Crippen LogP contribution in [0.3, 0.4) is 0 Å². The summed E-state index contributed by atoms with van der Waals surface area (Å²) in [5, 5.41) is 19.1. The molecule has 0 bridgehead atoms. The van der Waals surface area contributed by atoms with Gasteiger partial charge < -0.3 is 15.9 Å². The van der Waals surface area contributed by atoms with Gasteiger partial charge in [0, 0.05) is 45.8 Å². The highest BCUT2D eigenvalue weighted by Gasteiger charge is 2.23. The Morgan fingerprint density at radius 1 is 1.19 bits per heavy atom. The van der Waals surface area contributed by atoms with E-state index in [4.69, 9.17) is 5.73 Å². The van der Waals surface area contributed by atoms with E-state index in [9.17, 15) is 10.2 Å². The first kappa shape index (κ1) is 13.9. The lowest BCUT2D eigenvalue weighted by atomic mass is 10.1. The Hall–Kier alpha value is -0.200. The summed E-state index contributed by atoms with van der Waals surface area (Å²) in [5.74, 6) is 0. The average Bonchev–Trinajstić information content (AvgIpc) is 2.18. The molecule has 1 atom stereocenters. The van der Waals surface area contributed by atoms with Gasteiger partial charge in [-0.3, -0.25) is 9.80 Å².